The summed E-state index contributed by atoms with van der Waals surface area (Å²) >= 11 is 0. The summed E-state index contributed by atoms with van der Waals surface area (Å²) in [7, 11) is 4.02. The fraction of sp³-hybridized carbons (Fsp3) is 0.647. The van der Waals surface area contributed by atoms with Gasteiger partial charge >= 0.3 is 0 Å². The molecule has 0 unspecified atom stereocenters. The zero-order valence-corrected chi connectivity index (χ0v) is 13.3. The summed E-state index contributed by atoms with van der Waals surface area (Å²) in [6.45, 7) is 6.39. The van der Waals surface area contributed by atoms with Crippen molar-refractivity contribution in [3.8, 4) is 0 Å². The number of nitrogens with zero attached hydrogens (tertiary/aromatic N) is 2. The average Bonchev–Trinajstić information content (AvgIpc) is 2.52. The lowest BCUT2D eigenvalue weighted by Gasteiger charge is -2.45. The molecule has 0 atom stereocenters. The zero-order chi connectivity index (χ0) is 14.7. The Morgan fingerprint density at radius 2 is 1.86 bits per heavy atom. The predicted molar refractivity (Wildman–Crippen MR) is 88.3 cm³/mol. The minimum absolute atomic E-state index is 0.295. The SMILES string of the molecule is COCC1(CN2CCN(C)c3ccccc32)CCNCC1. The number of benzene rings is 1. The van der Waals surface area contributed by atoms with Gasteiger partial charge in [-0.1, -0.05) is 12.1 Å². The van der Waals surface area contributed by atoms with E-state index in [1.54, 1.807) is 0 Å². The van der Waals surface area contributed by atoms with Crippen LogP contribution in [0.1, 0.15) is 12.8 Å². The highest BCUT2D eigenvalue weighted by atomic mass is 16.5. The van der Waals surface area contributed by atoms with Gasteiger partial charge in [0.15, 0.2) is 0 Å². The van der Waals surface area contributed by atoms with Crippen LogP contribution in [-0.2, 0) is 4.74 Å². The van der Waals surface area contributed by atoms with Gasteiger partial charge in [0.05, 0.1) is 18.0 Å². The summed E-state index contributed by atoms with van der Waals surface area (Å²) in [5.74, 6) is 0. The first kappa shape index (κ1) is 14.7. The maximum Gasteiger partial charge on any atom is 0.0604 e. The van der Waals surface area contributed by atoms with Gasteiger partial charge in [-0.2, -0.15) is 0 Å². The quantitative estimate of drug-likeness (QED) is 0.917. The number of nitrogens with one attached hydrogen (secondary N) is 1. The van der Waals surface area contributed by atoms with E-state index in [0.29, 0.717) is 5.41 Å². The lowest BCUT2D eigenvalue weighted by atomic mass is 9.79. The van der Waals surface area contributed by atoms with Crippen LogP contribution in [0.5, 0.6) is 0 Å². The van der Waals surface area contributed by atoms with Crippen LogP contribution in [0.4, 0.5) is 11.4 Å². The molecule has 116 valence electrons. The average molecular weight is 289 g/mol. The van der Waals surface area contributed by atoms with Gasteiger partial charge in [0, 0.05) is 39.2 Å². The molecule has 0 aromatic heterocycles. The molecule has 21 heavy (non-hydrogen) atoms. The second kappa shape index (κ2) is 6.24. The topological polar surface area (TPSA) is 27.7 Å². The molecular weight excluding hydrogens is 262 g/mol. The molecule has 1 aromatic carbocycles. The summed E-state index contributed by atoms with van der Waals surface area (Å²) in [6, 6.07) is 8.77. The molecule has 3 rings (SSSR count). The monoisotopic (exact) mass is 289 g/mol. The molecule has 0 spiro atoms. The second-order valence-electron chi connectivity index (χ2n) is 6.51. The molecule has 2 heterocycles. The molecule has 1 saturated heterocycles. The van der Waals surface area contributed by atoms with Crippen LogP contribution < -0.4 is 15.1 Å². The van der Waals surface area contributed by atoms with Gasteiger partial charge in [-0.05, 0) is 38.1 Å². The zero-order valence-electron chi connectivity index (χ0n) is 13.3. The van der Waals surface area contributed by atoms with Crippen molar-refractivity contribution in [1.82, 2.24) is 5.32 Å². The van der Waals surface area contributed by atoms with E-state index >= 15 is 0 Å². The van der Waals surface area contributed by atoms with Gasteiger partial charge in [0.1, 0.15) is 0 Å². The largest absolute Gasteiger partial charge is 0.384 e. The van der Waals surface area contributed by atoms with E-state index in [4.69, 9.17) is 4.74 Å². The van der Waals surface area contributed by atoms with Gasteiger partial charge in [0.2, 0.25) is 0 Å². The van der Waals surface area contributed by atoms with Crippen molar-refractivity contribution in [1.29, 1.82) is 0 Å². The third-order valence-electron chi connectivity index (χ3n) is 4.98. The molecule has 1 N–H and O–H groups in total. The van der Waals surface area contributed by atoms with E-state index < -0.39 is 0 Å². The van der Waals surface area contributed by atoms with E-state index in [0.717, 1.165) is 39.3 Å². The van der Waals surface area contributed by atoms with Crippen molar-refractivity contribution in [2.24, 2.45) is 5.41 Å². The Labute approximate surface area is 128 Å². The van der Waals surface area contributed by atoms with Crippen LogP contribution >= 0.6 is 0 Å². The number of ether oxygens (including phenoxy) is 1. The number of anilines is 2. The number of methoxy groups -OCH3 is 1. The van der Waals surface area contributed by atoms with Crippen molar-refractivity contribution in [3.05, 3.63) is 24.3 Å². The lowest BCUT2D eigenvalue weighted by molar-refractivity contribution is 0.0587. The summed E-state index contributed by atoms with van der Waals surface area (Å²) in [5, 5.41) is 3.48. The first-order chi connectivity index (χ1) is 10.2. The van der Waals surface area contributed by atoms with Crippen LogP contribution in [0, 0.1) is 5.41 Å². The predicted octanol–water partition coefficient (Wildman–Crippen LogP) is 1.96. The van der Waals surface area contributed by atoms with Crippen LogP contribution in [0.15, 0.2) is 24.3 Å². The Morgan fingerprint density at radius 1 is 1.14 bits per heavy atom. The third kappa shape index (κ3) is 3.01. The van der Waals surface area contributed by atoms with Crippen molar-refractivity contribution in [3.63, 3.8) is 0 Å². The molecule has 1 aromatic rings. The number of para-hydroxylation sites is 2. The Hall–Kier alpha value is -1.26. The van der Waals surface area contributed by atoms with E-state index in [9.17, 15) is 0 Å². The number of likely N-dealkylation sites (N-methyl/N-ethyl adjacent to an activating group) is 1. The van der Waals surface area contributed by atoms with Gasteiger partial charge in [-0.3, -0.25) is 0 Å². The van der Waals surface area contributed by atoms with E-state index in [-0.39, 0.29) is 0 Å². The summed E-state index contributed by atoms with van der Waals surface area (Å²) in [5.41, 5.74) is 3.02. The van der Waals surface area contributed by atoms with Gasteiger partial charge in [-0.15, -0.1) is 0 Å². The van der Waals surface area contributed by atoms with E-state index in [1.165, 1.54) is 24.2 Å². The fourth-order valence-corrected chi connectivity index (χ4v) is 3.75. The molecule has 4 nitrogen and oxygen atoms in total. The molecule has 0 radical (unpaired) electrons. The van der Waals surface area contributed by atoms with E-state index in [2.05, 4.69) is 46.4 Å². The summed E-state index contributed by atoms with van der Waals surface area (Å²) < 4.78 is 5.57. The van der Waals surface area contributed by atoms with Crippen molar-refractivity contribution in [2.75, 3.05) is 63.3 Å². The summed E-state index contributed by atoms with van der Waals surface area (Å²) in [4.78, 5) is 4.93. The van der Waals surface area contributed by atoms with Crippen molar-refractivity contribution >= 4 is 11.4 Å². The normalized spacial score (nSPS) is 21.2. The molecule has 0 amide bonds. The van der Waals surface area contributed by atoms with Crippen LogP contribution in [-0.4, -0.2) is 53.5 Å². The maximum absolute atomic E-state index is 5.57. The van der Waals surface area contributed by atoms with Gasteiger partial charge < -0.3 is 19.9 Å². The highest BCUT2D eigenvalue weighted by Crippen LogP contribution is 2.37. The number of fused-ring (bicyclic) bond motifs is 1. The number of hydrogen-bond acceptors (Lipinski definition) is 4. The summed E-state index contributed by atoms with van der Waals surface area (Å²) in [6.07, 6.45) is 2.41. The smallest absolute Gasteiger partial charge is 0.0604 e. The Bertz CT molecular complexity index is 465. The first-order valence-corrected chi connectivity index (χ1v) is 7.99. The Balaban J connectivity index is 1.82. The van der Waals surface area contributed by atoms with Crippen molar-refractivity contribution in [2.45, 2.75) is 12.8 Å². The highest BCUT2D eigenvalue weighted by molar-refractivity contribution is 5.73. The third-order valence-corrected chi connectivity index (χ3v) is 4.98. The highest BCUT2D eigenvalue weighted by Gasteiger charge is 2.35. The van der Waals surface area contributed by atoms with Crippen molar-refractivity contribution < 1.29 is 4.74 Å². The molecular formula is C17H27N3O. The molecule has 0 bridgehead atoms. The van der Waals surface area contributed by atoms with Crippen LogP contribution in [0.3, 0.4) is 0 Å². The van der Waals surface area contributed by atoms with E-state index in [1.807, 2.05) is 7.11 Å². The minimum Gasteiger partial charge on any atom is -0.384 e. The first-order valence-electron chi connectivity index (χ1n) is 7.99. The fourth-order valence-electron chi connectivity index (χ4n) is 3.75. The molecule has 4 heteroatoms. The molecule has 2 aliphatic heterocycles. The number of hydrogen-bond donors (Lipinski definition) is 1. The Kier molecular flexibility index (Phi) is 4.36. The van der Waals surface area contributed by atoms with Gasteiger partial charge in [0.25, 0.3) is 0 Å². The number of rotatable bonds is 4. The maximum atomic E-state index is 5.57. The standard InChI is InChI=1S/C17H27N3O/c1-19-11-12-20(16-6-4-3-5-15(16)19)13-17(14-21-2)7-9-18-10-8-17/h3-6,18H,7-14H2,1-2H3. The molecule has 1 fully saturated rings. The number of piperidine rings is 1. The Morgan fingerprint density at radius 3 is 2.57 bits per heavy atom. The second-order valence-corrected chi connectivity index (χ2v) is 6.51. The van der Waals surface area contributed by atoms with Gasteiger partial charge in [-0.25, -0.2) is 0 Å². The molecule has 0 saturated carbocycles. The molecule has 0 aliphatic carbocycles. The lowest BCUT2D eigenvalue weighted by Crippen LogP contribution is -2.50. The van der Waals surface area contributed by atoms with Crippen LogP contribution in [0.2, 0.25) is 0 Å². The van der Waals surface area contributed by atoms with Crippen LogP contribution in [0.25, 0.3) is 0 Å². The molecule has 2 aliphatic rings. The minimum atomic E-state index is 0.295.